The molecule has 0 aromatic heterocycles. The third kappa shape index (κ3) is 4.94. The van der Waals surface area contributed by atoms with Gasteiger partial charge >= 0.3 is 11.9 Å². The first-order chi connectivity index (χ1) is 15.2. The molecule has 11 heteroatoms. The largest absolute Gasteiger partial charge is 0.493 e. The Labute approximate surface area is 195 Å². The number of amides is 1. The lowest BCUT2D eigenvalue weighted by atomic mass is 10.1. The van der Waals surface area contributed by atoms with Gasteiger partial charge in [-0.3, -0.25) is 14.7 Å². The number of aromatic carboxylic acids is 1. The monoisotopic (exact) mass is 520 g/mol. The number of carboxylic acids is 2. The van der Waals surface area contributed by atoms with Gasteiger partial charge in [0.2, 0.25) is 0 Å². The summed E-state index contributed by atoms with van der Waals surface area (Å²) in [6.45, 7) is -0.529. The van der Waals surface area contributed by atoms with Crippen LogP contribution in [0.5, 0.6) is 11.5 Å². The van der Waals surface area contributed by atoms with Crippen molar-refractivity contribution in [1.29, 1.82) is 0 Å². The molecule has 2 aromatic carbocycles. The molecule has 3 rings (SSSR count). The summed E-state index contributed by atoms with van der Waals surface area (Å²) < 4.78 is 11.1. The first kappa shape index (κ1) is 23.4. The number of carbonyl (C=O) groups is 3. The fourth-order valence-corrected chi connectivity index (χ4v) is 4.21. The third-order valence-electron chi connectivity index (χ3n) is 4.27. The number of halogens is 1. The summed E-state index contributed by atoms with van der Waals surface area (Å²) in [5.74, 6) is -2.06. The molecule has 0 bridgehead atoms. The molecular weight excluding hydrogens is 504 g/mol. The SMILES string of the molecule is CN=C1SC(=Cc2cc(OC)c(OCC(=O)O)cc2Br)C(=O)N1c1cccc(C(=O)O)c1. The highest BCUT2D eigenvalue weighted by Crippen LogP contribution is 2.39. The van der Waals surface area contributed by atoms with Crippen molar-refractivity contribution in [3.8, 4) is 11.5 Å². The maximum Gasteiger partial charge on any atom is 0.341 e. The summed E-state index contributed by atoms with van der Waals surface area (Å²) in [7, 11) is 2.96. The normalized spacial score (nSPS) is 16.0. The van der Waals surface area contributed by atoms with E-state index in [1.807, 2.05) is 0 Å². The number of amidine groups is 1. The average Bonchev–Trinajstić information content (AvgIpc) is 3.08. The van der Waals surface area contributed by atoms with E-state index in [0.29, 0.717) is 31.5 Å². The number of methoxy groups -OCH3 is 1. The fourth-order valence-electron chi connectivity index (χ4n) is 2.84. The molecule has 0 atom stereocenters. The van der Waals surface area contributed by atoms with Crippen LogP contribution in [0.2, 0.25) is 0 Å². The molecule has 0 spiro atoms. The number of aliphatic imine (C=N–C) groups is 1. The molecule has 1 saturated heterocycles. The zero-order valence-electron chi connectivity index (χ0n) is 16.9. The standard InChI is InChI=1S/C21H17BrN2O7S/c1-23-21-24(13-5-3-4-11(6-13)20(28)29)19(27)17(32-21)8-12-7-15(30-2)16(9-14(12)22)31-10-18(25)26/h3-9H,10H2,1-2H3,(H,25,26)(H,28,29). The second kappa shape index (κ2) is 9.88. The number of nitrogens with zero attached hydrogens (tertiary/aromatic N) is 2. The van der Waals surface area contributed by atoms with Gasteiger partial charge in [-0.1, -0.05) is 22.0 Å². The van der Waals surface area contributed by atoms with Crippen LogP contribution in [0, 0.1) is 0 Å². The van der Waals surface area contributed by atoms with Crippen LogP contribution in [-0.2, 0) is 9.59 Å². The molecule has 1 aliphatic heterocycles. The van der Waals surface area contributed by atoms with Gasteiger partial charge < -0.3 is 19.7 Å². The van der Waals surface area contributed by atoms with E-state index in [0.717, 1.165) is 11.8 Å². The molecule has 2 N–H and O–H groups in total. The summed E-state index contributed by atoms with van der Waals surface area (Å²) in [4.78, 5) is 41.1. The van der Waals surface area contributed by atoms with Crippen molar-refractivity contribution in [2.24, 2.45) is 4.99 Å². The molecule has 0 saturated carbocycles. The van der Waals surface area contributed by atoms with Crippen LogP contribution < -0.4 is 14.4 Å². The number of aliphatic carboxylic acids is 1. The van der Waals surface area contributed by atoms with E-state index in [4.69, 9.17) is 14.6 Å². The smallest absolute Gasteiger partial charge is 0.341 e. The van der Waals surface area contributed by atoms with Gasteiger partial charge in [0.05, 0.1) is 23.3 Å². The molecule has 2 aromatic rings. The van der Waals surface area contributed by atoms with Crippen LogP contribution in [0.1, 0.15) is 15.9 Å². The quantitative estimate of drug-likeness (QED) is 0.528. The summed E-state index contributed by atoms with van der Waals surface area (Å²) in [5.41, 5.74) is 1.04. The molecule has 1 fully saturated rings. The average molecular weight is 521 g/mol. The lowest BCUT2D eigenvalue weighted by molar-refractivity contribution is -0.139. The van der Waals surface area contributed by atoms with Crippen LogP contribution in [0.25, 0.3) is 6.08 Å². The molecule has 1 heterocycles. The number of carboxylic acid groups (broad SMARTS) is 2. The van der Waals surface area contributed by atoms with E-state index in [9.17, 15) is 19.5 Å². The number of benzene rings is 2. The Morgan fingerprint density at radius 3 is 2.59 bits per heavy atom. The van der Waals surface area contributed by atoms with Gasteiger partial charge in [-0.15, -0.1) is 0 Å². The van der Waals surface area contributed by atoms with Crippen LogP contribution in [0.3, 0.4) is 0 Å². The van der Waals surface area contributed by atoms with Crippen molar-refractivity contribution in [2.45, 2.75) is 0 Å². The molecular formula is C21H17BrN2O7S. The van der Waals surface area contributed by atoms with Crippen LogP contribution in [0.4, 0.5) is 5.69 Å². The fraction of sp³-hybridized carbons (Fsp3) is 0.143. The predicted octanol–water partition coefficient (Wildman–Crippen LogP) is 3.73. The Balaban J connectivity index is 1.97. The van der Waals surface area contributed by atoms with Crippen LogP contribution in [0.15, 0.2) is 50.8 Å². The van der Waals surface area contributed by atoms with Crippen molar-refractivity contribution >= 4 is 62.5 Å². The van der Waals surface area contributed by atoms with E-state index >= 15 is 0 Å². The van der Waals surface area contributed by atoms with Gasteiger partial charge in [-0.2, -0.15) is 0 Å². The van der Waals surface area contributed by atoms with Crippen molar-refractivity contribution in [3.05, 3.63) is 56.9 Å². The Morgan fingerprint density at radius 1 is 1.22 bits per heavy atom. The van der Waals surface area contributed by atoms with Gasteiger partial charge in [0.1, 0.15) is 0 Å². The second-order valence-electron chi connectivity index (χ2n) is 6.32. The number of hydrogen-bond donors (Lipinski definition) is 2. The molecule has 1 aliphatic rings. The summed E-state index contributed by atoms with van der Waals surface area (Å²) in [6, 6.07) is 9.20. The maximum atomic E-state index is 13.1. The molecule has 0 unspecified atom stereocenters. The minimum Gasteiger partial charge on any atom is -0.493 e. The van der Waals surface area contributed by atoms with E-state index in [1.165, 1.54) is 24.1 Å². The van der Waals surface area contributed by atoms with E-state index in [-0.39, 0.29) is 17.2 Å². The van der Waals surface area contributed by atoms with Gasteiger partial charge in [0.25, 0.3) is 5.91 Å². The number of carbonyl (C=O) groups excluding carboxylic acids is 1. The zero-order valence-corrected chi connectivity index (χ0v) is 19.3. The van der Waals surface area contributed by atoms with Crippen molar-refractivity contribution in [1.82, 2.24) is 0 Å². The first-order valence-electron chi connectivity index (χ1n) is 9.01. The van der Waals surface area contributed by atoms with Gasteiger partial charge in [0, 0.05) is 11.5 Å². The Morgan fingerprint density at radius 2 is 1.97 bits per heavy atom. The van der Waals surface area contributed by atoms with Crippen LogP contribution in [-0.4, -0.2) is 54.0 Å². The van der Waals surface area contributed by atoms with E-state index < -0.39 is 18.5 Å². The Kier molecular flexibility index (Phi) is 7.21. The highest BCUT2D eigenvalue weighted by molar-refractivity contribution is 9.10. The molecule has 0 radical (unpaired) electrons. The van der Waals surface area contributed by atoms with Crippen molar-refractivity contribution in [2.75, 3.05) is 25.7 Å². The highest BCUT2D eigenvalue weighted by atomic mass is 79.9. The number of rotatable bonds is 7. The van der Waals surface area contributed by atoms with Gasteiger partial charge in [-0.05, 0) is 53.7 Å². The number of hydrogen-bond acceptors (Lipinski definition) is 7. The molecule has 32 heavy (non-hydrogen) atoms. The molecule has 0 aliphatic carbocycles. The van der Waals surface area contributed by atoms with Crippen molar-refractivity contribution < 1.29 is 34.1 Å². The highest BCUT2D eigenvalue weighted by Gasteiger charge is 2.34. The number of thioether (sulfide) groups is 1. The summed E-state index contributed by atoms with van der Waals surface area (Å²) >= 11 is 4.55. The van der Waals surface area contributed by atoms with Gasteiger partial charge in [0.15, 0.2) is 23.3 Å². The summed E-state index contributed by atoms with van der Waals surface area (Å²) in [6.07, 6.45) is 1.63. The molecule has 166 valence electrons. The zero-order chi connectivity index (χ0) is 23.4. The van der Waals surface area contributed by atoms with Crippen molar-refractivity contribution in [3.63, 3.8) is 0 Å². The minimum atomic E-state index is -1.12. The number of anilines is 1. The van der Waals surface area contributed by atoms with E-state index in [2.05, 4.69) is 20.9 Å². The summed E-state index contributed by atoms with van der Waals surface area (Å²) in [5, 5.41) is 18.5. The molecule has 1 amide bonds. The lowest BCUT2D eigenvalue weighted by Gasteiger charge is -2.15. The minimum absolute atomic E-state index is 0.0533. The van der Waals surface area contributed by atoms with Gasteiger partial charge in [-0.25, -0.2) is 9.59 Å². The lowest BCUT2D eigenvalue weighted by Crippen LogP contribution is -2.28. The number of ether oxygens (including phenoxy) is 2. The van der Waals surface area contributed by atoms with Crippen LogP contribution >= 0.6 is 27.7 Å². The predicted molar refractivity (Wildman–Crippen MR) is 124 cm³/mol. The topological polar surface area (TPSA) is 126 Å². The first-order valence-corrected chi connectivity index (χ1v) is 10.6. The Bertz CT molecular complexity index is 1160. The maximum absolute atomic E-state index is 13.1. The van der Waals surface area contributed by atoms with E-state index in [1.54, 1.807) is 37.4 Å². The second-order valence-corrected chi connectivity index (χ2v) is 8.18. The Hall–Kier alpha value is -3.31. The third-order valence-corrected chi connectivity index (χ3v) is 6.02. The molecule has 9 nitrogen and oxygen atoms in total.